The summed E-state index contributed by atoms with van der Waals surface area (Å²) in [6, 6.07) is 6.69. The Morgan fingerprint density at radius 3 is 2.57 bits per heavy atom. The van der Waals surface area contributed by atoms with Crippen LogP contribution in [0.25, 0.3) is 33.2 Å². The summed E-state index contributed by atoms with van der Waals surface area (Å²) in [4.78, 5) is 8.31. The number of hydrogen-bond donors (Lipinski definition) is 5. The first-order chi connectivity index (χ1) is 14.6. The number of nitrogens with two attached hydrogens (primary N) is 3. The Kier molecular flexibility index (Phi) is 4.42. The van der Waals surface area contributed by atoms with Gasteiger partial charge in [-0.15, -0.1) is 0 Å². The molecule has 2 aliphatic carbocycles. The van der Waals surface area contributed by atoms with Gasteiger partial charge in [-0.2, -0.15) is 0 Å². The summed E-state index contributed by atoms with van der Waals surface area (Å²) in [6.07, 6.45) is 12.1. The molecule has 2 heterocycles. The Hall–Kier alpha value is -3.41. The number of hydrogen-bond acceptors (Lipinski definition) is 5. The number of anilines is 1. The van der Waals surface area contributed by atoms with Gasteiger partial charge in [-0.05, 0) is 67.5 Å². The maximum atomic E-state index is 6.20. The van der Waals surface area contributed by atoms with Crippen molar-refractivity contribution in [2.24, 2.45) is 29.0 Å². The largest absolute Gasteiger partial charge is 0.405 e. The van der Waals surface area contributed by atoms with E-state index in [1.165, 1.54) is 31.9 Å². The van der Waals surface area contributed by atoms with E-state index in [9.17, 15) is 0 Å². The minimum atomic E-state index is 0.499. The number of nitrogens with one attached hydrogen (secondary N) is 2. The zero-order valence-electron chi connectivity index (χ0n) is 17.0. The van der Waals surface area contributed by atoms with Crippen LogP contribution in [-0.4, -0.2) is 16.0 Å². The molecule has 2 saturated carbocycles. The Bertz CT molecular complexity index is 1180. The monoisotopic (exact) mass is 400 g/mol. The van der Waals surface area contributed by atoms with Crippen LogP contribution in [0.5, 0.6) is 0 Å². The number of aromatic amines is 1. The van der Waals surface area contributed by atoms with E-state index >= 15 is 0 Å². The molecule has 0 atom stereocenters. The third-order valence-electron chi connectivity index (χ3n) is 6.26. The second-order valence-electron chi connectivity index (χ2n) is 8.53. The SMILES string of the molecule is C=C(N)c1cnc(NC(C2CC2)C2CC2)c2c1[nH]c1cc(/C(N)=C/C=C\N)ccc12. The minimum absolute atomic E-state index is 0.499. The van der Waals surface area contributed by atoms with Gasteiger partial charge in [0.2, 0.25) is 0 Å². The molecule has 6 nitrogen and oxygen atoms in total. The van der Waals surface area contributed by atoms with Crippen LogP contribution in [0.15, 0.2) is 49.3 Å². The molecule has 0 unspecified atom stereocenters. The van der Waals surface area contributed by atoms with Crippen molar-refractivity contribution in [2.75, 3.05) is 5.32 Å². The summed E-state index contributed by atoms with van der Waals surface area (Å²) >= 11 is 0. The molecule has 0 spiro atoms. The lowest BCUT2D eigenvalue weighted by molar-refractivity contribution is 0.566. The molecule has 0 saturated heterocycles. The maximum absolute atomic E-state index is 6.20. The van der Waals surface area contributed by atoms with Gasteiger partial charge in [0.05, 0.1) is 10.9 Å². The minimum Gasteiger partial charge on any atom is -0.405 e. The van der Waals surface area contributed by atoms with Crippen LogP contribution in [-0.2, 0) is 0 Å². The Morgan fingerprint density at radius 2 is 1.93 bits per heavy atom. The van der Waals surface area contributed by atoms with Gasteiger partial charge in [-0.25, -0.2) is 4.98 Å². The first kappa shape index (κ1) is 18.6. The number of H-pyrrole nitrogens is 1. The fraction of sp³-hybridized carbons (Fsp3) is 0.292. The average Bonchev–Trinajstić information content (AvgIpc) is 3.66. The van der Waals surface area contributed by atoms with Gasteiger partial charge in [0, 0.05) is 40.1 Å². The van der Waals surface area contributed by atoms with E-state index in [1.54, 1.807) is 12.2 Å². The zero-order chi connectivity index (χ0) is 20.8. The van der Waals surface area contributed by atoms with Crippen LogP contribution < -0.4 is 22.5 Å². The van der Waals surface area contributed by atoms with Crippen LogP contribution in [0.2, 0.25) is 0 Å². The lowest BCUT2D eigenvalue weighted by atomic mass is 10.0. The molecule has 1 aromatic carbocycles. The van der Waals surface area contributed by atoms with Crippen LogP contribution in [0, 0.1) is 11.8 Å². The fourth-order valence-corrected chi connectivity index (χ4v) is 4.38. The first-order valence-corrected chi connectivity index (χ1v) is 10.6. The highest BCUT2D eigenvalue weighted by Crippen LogP contribution is 2.46. The predicted molar refractivity (Wildman–Crippen MR) is 125 cm³/mol. The van der Waals surface area contributed by atoms with Gasteiger partial charge in [0.15, 0.2) is 0 Å². The highest BCUT2D eigenvalue weighted by atomic mass is 15.0. The van der Waals surface area contributed by atoms with Gasteiger partial charge >= 0.3 is 0 Å². The van der Waals surface area contributed by atoms with Gasteiger partial charge in [-0.3, -0.25) is 0 Å². The Labute approximate surface area is 175 Å². The molecule has 0 radical (unpaired) electrons. The van der Waals surface area contributed by atoms with Crippen LogP contribution in [0.4, 0.5) is 5.82 Å². The average molecular weight is 401 g/mol. The van der Waals surface area contributed by atoms with Gasteiger partial charge in [-0.1, -0.05) is 18.7 Å². The summed E-state index contributed by atoms with van der Waals surface area (Å²) < 4.78 is 0. The number of aromatic nitrogens is 2. The summed E-state index contributed by atoms with van der Waals surface area (Å²) in [5.74, 6) is 2.47. The molecule has 2 fully saturated rings. The van der Waals surface area contributed by atoms with Crippen molar-refractivity contribution in [3.8, 4) is 0 Å². The molecule has 8 N–H and O–H groups in total. The number of benzene rings is 1. The standard InChI is InChI=1S/C24H28N6/c1-13(26)18-12-28-24(30-22(14-4-5-14)15-6-7-15)21-17-9-8-16(19(27)3-2-10-25)11-20(17)29-23(18)21/h2-3,8-12,14-15,22,29H,1,4-7,25-27H2,(H,28,30)/b10-2-,19-3-. The second kappa shape index (κ2) is 7.13. The van der Waals surface area contributed by atoms with E-state index in [0.29, 0.717) is 17.4 Å². The molecule has 5 rings (SSSR count). The van der Waals surface area contributed by atoms with Crippen LogP contribution in [0.1, 0.15) is 36.8 Å². The van der Waals surface area contributed by atoms with Gasteiger partial charge < -0.3 is 27.5 Å². The number of rotatable bonds is 7. The van der Waals surface area contributed by atoms with E-state index in [4.69, 9.17) is 22.2 Å². The first-order valence-electron chi connectivity index (χ1n) is 10.6. The Balaban J connectivity index is 1.65. The summed E-state index contributed by atoms with van der Waals surface area (Å²) in [5.41, 5.74) is 22.6. The van der Waals surface area contributed by atoms with Crippen molar-refractivity contribution in [2.45, 2.75) is 31.7 Å². The third-order valence-corrected chi connectivity index (χ3v) is 6.26. The molecule has 30 heavy (non-hydrogen) atoms. The maximum Gasteiger partial charge on any atom is 0.136 e. The topological polar surface area (TPSA) is 119 Å². The van der Waals surface area contributed by atoms with E-state index in [1.807, 2.05) is 12.3 Å². The number of nitrogens with zero attached hydrogens (tertiary/aromatic N) is 1. The van der Waals surface area contributed by atoms with Crippen molar-refractivity contribution in [3.63, 3.8) is 0 Å². The van der Waals surface area contributed by atoms with Gasteiger partial charge in [0.25, 0.3) is 0 Å². The number of allylic oxidation sites excluding steroid dienone is 2. The summed E-state index contributed by atoms with van der Waals surface area (Å²) in [7, 11) is 0. The van der Waals surface area contributed by atoms with Crippen molar-refractivity contribution < 1.29 is 0 Å². The van der Waals surface area contributed by atoms with Crippen molar-refractivity contribution in [1.29, 1.82) is 0 Å². The molecule has 0 bridgehead atoms. The van der Waals surface area contributed by atoms with Crippen molar-refractivity contribution >= 4 is 39.0 Å². The van der Waals surface area contributed by atoms with E-state index in [2.05, 4.69) is 29.0 Å². The van der Waals surface area contributed by atoms with Crippen LogP contribution in [0.3, 0.4) is 0 Å². The van der Waals surface area contributed by atoms with Crippen molar-refractivity contribution in [1.82, 2.24) is 9.97 Å². The van der Waals surface area contributed by atoms with E-state index in [0.717, 1.165) is 50.6 Å². The molecule has 6 heteroatoms. The lowest BCUT2D eigenvalue weighted by Gasteiger charge is -2.19. The molecule has 0 aliphatic heterocycles. The molecule has 2 aromatic heterocycles. The van der Waals surface area contributed by atoms with Crippen molar-refractivity contribution in [3.05, 3.63) is 60.5 Å². The molecule has 154 valence electrons. The quantitative estimate of drug-likeness (QED) is 0.384. The highest BCUT2D eigenvalue weighted by Gasteiger charge is 2.41. The van der Waals surface area contributed by atoms with E-state index < -0.39 is 0 Å². The molecule has 2 aliphatic rings. The molecular formula is C24H28N6. The molecular weight excluding hydrogens is 372 g/mol. The zero-order valence-corrected chi connectivity index (χ0v) is 17.0. The number of pyridine rings is 1. The smallest absolute Gasteiger partial charge is 0.136 e. The third kappa shape index (κ3) is 3.28. The van der Waals surface area contributed by atoms with E-state index in [-0.39, 0.29) is 0 Å². The predicted octanol–water partition coefficient (Wildman–Crippen LogP) is 4.02. The Morgan fingerprint density at radius 1 is 1.20 bits per heavy atom. The summed E-state index contributed by atoms with van der Waals surface area (Å²) in [5, 5.41) is 5.96. The lowest BCUT2D eigenvalue weighted by Crippen LogP contribution is -2.25. The second-order valence-corrected chi connectivity index (χ2v) is 8.53. The fourth-order valence-electron chi connectivity index (χ4n) is 4.38. The highest BCUT2D eigenvalue weighted by molar-refractivity contribution is 6.15. The molecule has 3 aromatic rings. The van der Waals surface area contributed by atoms with Gasteiger partial charge in [0.1, 0.15) is 5.82 Å². The summed E-state index contributed by atoms with van der Waals surface area (Å²) in [6.45, 7) is 3.94. The van der Waals surface area contributed by atoms with Crippen LogP contribution >= 0.6 is 0 Å². The normalized spacial score (nSPS) is 17.4. The molecule has 0 amide bonds. The number of fused-ring (bicyclic) bond motifs is 3.